The molecular formula is C27H28FN3O3. The Morgan fingerprint density at radius 2 is 1.68 bits per heavy atom. The standard InChI is InChI=1S/C27H28FN3O3/c28-21-8-6-7-20(17-21)18-29-27(33)24-11-4-5-12-25(24)31-15-13-22(14-16-31)30-26(32)19-34-23-9-2-1-3-10-23/h1-12,17,22H,13-16,18-19H2,(H,29,33)(H,30,32). The van der Waals surface area contributed by atoms with Gasteiger partial charge in [-0.25, -0.2) is 4.39 Å². The lowest BCUT2D eigenvalue weighted by atomic mass is 10.0. The fraction of sp³-hybridized carbons (Fsp3) is 0.259. The number of hydrogen-bond donors (Lipinski definition) is 2. The predicted octanol–water partition coefficient (Wildman–Crippen LogP) is 3.92. The molecule has 0 unspecified atom stereocenters. The van der Waals surface area contributed by atoms with Crippen molar-refractivity contribution < 1.29 is 18.7 Å². The van der Waals surface area contributed by atoms with E-state index in [-0.39, 0.29) is 36.8 Å². The first-order chi connectivity index (χ1) is 16.6. The molecule has 2 N–H and O–H groups in total. The first kappa shape index (κ1) is 23.3. The molecule has 0 radical (unpaired) electrons. The van der Waals surface area contributed by atoms with Crippen LogP contribution in [0.15, 0.2) is 78.9 Å². The fourth-order valence-electron chi connectivity index (χ4n) is 4.07. The molecule has 6 nitrogen and oxygen atoms in total. The van der Waals surface area contributed by atoms with Gasteiger partial charge >= 0.3 is 0 Å². The highest BCUT2D eigenvalue weighted by Gasteiger charge is 2.24. The van der Waals surface area contributed by atoms with Crippen LogP contribution in [0.3, 0.4) is 0 Å². The maximum atomic E-state index is 13.4. The van der Waals surface area contributed by atoms with Crippen molar-refractivity contribution in [3.05, 3.63) is 95.8 Å². The van der Waals surface area contributed by atoms with E-state index in [9.17, 15) is 14.0 Å². The summed E-state index contributed by atoms with van der Waals surface area (Å²) in [6, 6.07) is 23.0. The van der Waals surface area contributed by atoms with E-state index in [1.165, 1.54) is 12.1 Å². The number of piperidine rings is 1. The number of hydrogen-bond acceptors (Lipinski definition) is 4. The van der Waals surface area contributed by atoms with Crippen LogP contribution in [0.1, 0.15) is 28.8 Å². The summed E-state index contributed by atoms with van der Waals surface area (Å²) < 4.78 is 18.9. The zero-order valence-electron chi connectivity index (χ0n) is 18.9. The van der Waals surface area contributed by atoms with E-state index in [2.05, 4.69) is 15.5 Å². The molecule has 0 aromatic heterocycles. The quantitative estimate of drug-likeness (QED) is 0.534. The molecule has 0 aliphatic carbocycles. The van der Waals surface area contributed by atoms with E-state index in [1.807, 2.05) is 48.5 Å². The van der Waals surface area contributed by atoms with Crippen molar-refractivity contribution in [1.29, 1.82) is 0 Å². The van der Waals surface area contributed by atoms with Crippen molar-refractivity contribution in [2.45, 2.75) is 25.4 Å². The molecular weight excluding hydrogens is 433 g/mol. The Hall–Kier alpha value is -3.87. The molecule has 1 aliphatic rings. The number of halogens is 1. The Morgan fingerprint density at radius 3 is 2.44 bits per heavy atom. The van der Waals surface area contributed by atoms with Gasteiger partial charge in [0.2, 0.25) is 0 Å². The monoisotopic (exact) mass is 461 g/mol. The number of nitrogens with zero attached hydrogens (tertiary/aromatic N) is 1. The van der Waals surface area contributed by atoms with Gasteiger partial charge in [0.15, 0.2) is 6.61 Å². The number of nitrogens with one attached hydrogen (secondary N) is 2. The molecule has 3 aromatic rings. The zero-order chi connectivity index (χ0) is 23.8. The molecule has 2 amide bonds. The second-order valence-corrected chi connectivity index (χ2v) is 8.26. The number of para-hydroxylation sites is 2. The highest BCUT2D eigenvalue weighted by Crippen LogP contribution is 2.24. The molecule has 1 fully saturated rings. The van der Waals surface area contributed by atoms with Gasteiger partial charge in [-0.2, -0.15) is 0 Å². The molecule has 0 bridgehead atoms. The second kappa shape index (κ2) is 11.3. The Labute approximate surface area is 198 Å². The molecule has 3 aromatic carbocycles. The van der Waals surface area contributed by atoms with Crippen LogP contribution in [0.5, 0.6) is 5.75 Å². The summed E-state index contributed by atoms with van der Waals surface area (Å²) in [5, 5.41) is 5.92. The van der Waals surface area contributed by atoms with Crippen molar-refractivity contribution in [2.24, 2.45) is 0 Å². The summed E-state index contributed by atoms with van der Waals surface area (Å²) in [6.45, 7) is 1.68. The number of benzene rings is 3. The summed E-state index contributed by atoms with van der Waals surface area (Å²) in [5.41, 5.74) is 2.15. The van der Waals surface area contributed by atoms with E-state index < -0.39 is 0 Å². The zero-order valence-corrected chi connectivity index (χ0v) is 18.9. The average molecular weight is 462 g/mol. The van der Waals surface area contributed by atoms with Gasteiger partial charge in [0.25, 0.3) is 11.8 Å². The minimum absolute atomic E-state index is 0.0153. The highest BCUT2D eigenvalue weighted by molar-refractivity contribution is 5.99. The second-order valence-electron chi connectivity index (χ2n) is 8.26. The van der Waals surface area contributed by atoms with Gasteiger partial charge in [-0.05, 0) is 54.8 Å². The van der Waals surface area contributed by atoms with Gasteiger partial charge in [-0.1, -0.05) is 42.5 Å². The van der Waals surface area contributed by atoms with Crippen LogP contribution < -0.4 is 20.3 Å². The third-order valence-electron chi connectivity index (χ3n) is 5.80. The molecule has 176 valence electrons. The third kappa shape index (κ3) is 6.34. The number of carbonyl (C=O) groups excluding carboxylic acids is 2. The van der Waals surface area contributed by atoms with E-state index in [1.54, 1.807) is 18.2 Å². The minimum atomic E-state index is -0.325. The van der Waals surface area contributed by atoms with E-state index >= 15 is 0 Å². The molecule has 4 rings (SSSR count). The molecule has 0 atom stereocenters. The molecule has 1 aliphatic heterocycles. The normalized spacial score (nSPS) is 13.9. The van der Waals surface area contributed by atoms with Gasteiger partial charge < -0.3 is 20.3 Å². The summed E-state index contributed by atoms with van der Waals surface area (Å²) in [5.74, 6) is 0.00118. The number of rotatable bonds is 8. The van der Waals surface area contributed by atoms with Crippen molar-refractivity contribution in [3.63, 3.8) is 0 Å². The Kier molecular flexibility index (Phi) is 7.75. The number of anilines is 1. The summed E-state index contributed by atoms with van der Waals surface area (Å²) >= 11 is 0. The molecule has 0 spiro atoms. The van der Waals surface area contributed by atoms with Gasteiger partial charge in [-0.15, -0.1) is 0 Å². The minimum Gasteiger partial charge on any atom is -0.484 e. The van der Waals surface area contributed by atoms with Gasteiger partial charge in [0.1, 0.15) is 11.6 Å². The Balaban J connectivity index is 1.28. The maximum Gasteiger partial charge on any atom is 0.258 e. The first-order valence-electron chi connectivity index (χ1n) is 11.4. The van der Waals surface area contributed by atoms with E-state index in [0.29, 0.717) is 16.9 Å². The van der Waals surface area contributed by atoms with Crippen LogP contribution in [0.4, 0.5) is 10.1 Å². The number of amides is 2. The van der Waals surface area contributed by atoms with Crippen LogP contribution in [0, 0.1) is 5.82 Å². The molecule has 1 heterocycles. The van der Waals surface area contributed by atoms with E-state index in [4.69, 9.17) is 4.74 Å². The average Bonchev–Trinajstić information content (AvgIpc) is 2.87. The lowest BCUT2D eigenvalue weighted by molar-refractivity contribution is -0.123. The van der Waals surface area contributed by atoms with Crippen LogP contribution >= 0.6 is 0 Å². The van der Waals surface area contributed by atoms with Crippen LogP contribution in [0.25, 0.3) is 0 Å². The third-order valence-corrected chi connectivity index (χ3v) is 5.80. The highest BCUT2D eigenvalue weighted by atomic mass is 19.1. The summed E-state index contributed by atoms with van der Waals surface area (Å²) in [7, 11) is 0. The number of carbonyl (C=O) groups is 2. The van der Waals surface area contributed by atoms with Gasteiger partial charge in [0, 0.05) is 31.4 Å². The van der Waals surface area contributed by atoms with E-state index in [0.717, 1.165) is 31.6 Å². The first-order valence-corrected chi connectivity index (χ1v) is 11.4. The summed E-state index contributed by atoms with van der Waals surface area (Å²) in [4.78, 5) is 27.3. The maximum absolute atomic E-state index is 13.4. The van der Waals surface area contributed by atoms with Crippen molar-refractivity contribution in [2.75, 3.05) is 24.6 Å². The van der Waals surface area contributed by atoms with Crippen molar-refractivity contribution in [1.82, 2.24) is 10.6 Å². The van der Waals surface area contributed by atoms with Crippen LogP contribution in [-0.2, 0) is 11.3 Å². The van der Waals surface area contributed by atoms with Crippen LogP contribution in [0.2, 0.25) is 0 Å². The summed E-state index contributed by atoms with van der Waals surface area (Å²) in [6.07, 6.45) is 1.55. The SMILES string of the molecule is O=C(COc1ccccc1)NC1CCN(c2ccccc2C(=O)NCc2cccc(F)c2)CC1. The molecule has 34 heavy (non-hydrogen) atoms. The molecule has 0 saturated carbocycles. The fourth-order valence-corrected chi connectivity index (χ4v) is 4.07. The molecule has 1 saturated heterocycles. The largest absolute Gasteiger partial charge is 0.484 e. The Morgan fingerprint density at radius 1 is 0.941 bits per heavy atom. The van der Waals surface area contributed by atoms with Crippen molar-refractivity contribution in [3.8, 4) is 5.75 Å². The lowest BCUT2D eigenvalue weighted by Gasteiger charge is -2.34. The molecule has 7 heteroatoms. The number of ether oxygens (including phenoxy) is 1. The smallest absolute Gasteiger partial charge is 0.258 e. The lowest BCUT2D eigenvalue weighted by Crippen LogP contribution is -2.46. The Bertz CT molecular complexity index is 1110. The predicted molar refractivity (Wildman–Crippen MR) is 129 cm³/mol. The van der Waals surface area contributed by atoms with Crippen LogP contribution in [-0.4, -0.2) is 37.6 Å². The topological polar surface area (TPSA) is 70.7 Å². The van der Waals surface area contributed by atoms with Crippen molar-refractivity contribution >= 4 is 17.5 Å². The van der Waals surface area contributed by atoms with Gasteiger partial charge in [-0.3, -0.25) is 9.59 Å². The van der Waals surface area contributed by atoms with Gasteiger partial charge in [0.05, 0.1) is 5.56 Å².